The maximum Gasteiger partial charge on any atom is 0.224 e. The van der Waals surface area contributed by atoms with Gasteiger partial charge in [0.05, 0.1) is 12.0 Å². The molecule has 0 radical (unpaired) electrons. The molecule has 1 saturated carbocycles. The maximum atomic E-state index is 11.9. The van der Waals surface area contributed by atoms with Gasteiger partial charge in [-0.15, -0.1) is 0 Å². The van der Waals surface area contributed by atoms with Gasteiger partial charge in [-0.3, -0.25) is 4.79 Å². The van der Waals surface area contributed by atoms with E-state index in [-0.39, 0.29) is 29.8 Å². The summed E-state index contributed by atoms with van der Waals surface area (Å²) in [5.74, 6) is 0.394. The first kappa shape index (κ1) is 14.5. The summed E-state index contributed by atoms with van der Waals surface area (Å²) in [5.41, 5.74) is 5.60. The van der Waals surface area contributed by atoms with E-state index in [0.717, 1.165) is 25.7 Å². The van der Waals surface area contributed by atoms with Crippen LogP contribution in [0.1, 0.15) is 39.5 Å². The highest BCUT2D eigenvalue weighted by atomic mass is 16.3. The molecule has 0 saturated heterocycles. The van der Waals surface area contributed by atoms with Gasteiger partial charge >= 0.3 is 0 Å². The topological polar surface area (TPSA) is 75.4 Å². The van der Waals surface area contributed by atoms with Crippen molar-refractivity contribution < 1.29 is 9.90 Å². The Bertz CT molecular complexity index is 244. The van der Waals surface area contributed by atoms with Crippen molar-refractivity contribution in [3.05, 3.63) is 0 Å². The molecule has 0 bridgehead atoms. The molecule has 1 rings (SSSR count). The Morgan fingerprint density at radius 2 is 2.06 bits per heavy atom. The predicted octanol–water partition coefficient (Wildman–Crippen LogP) is 0.885. The SMILES string of the molecule is CC(C)C(CN)C(=O)NCC1CCCCC1O. The smallest absolute Gasteiger partial charge is 0.224 e. The lowest BCUT2D eigenvalue weighted by atomic mass is 9.86. The van der Waals surface area contributed by atoms with Crippen molar-refractivity contribution in [2.75, 3.05) is 13.1 Å². The number of carbonyl (C=O) groups is 1. The second kappa shape index (κ2) is 6.97. The molecule has 0 aromatic heterocycles. The third-order valence-electron chi connectivity index (χ3n) is 3.80. The van der Waals surface area contributed by atoms with Crippen molar-refractivity contribution in [3.63, 3.8) is 0 Å². The van der Waals surface area contributed by atoms with Gasteiger partial charge in [0.15, 0.2) is 0 Å². The van der Waals surface area contributed by atoms with Crippen LogP contribution in [-0.4, -0.2) is 30.2 Å². The lowest BCUT2D eigenvalue weighted by Crippen LogP contribution is -2.42. The minimum absolute atomic E-state index is 0.0280. The van der Waals surface area contributed by atoms with Crippen LogP contribution in [0.4, 0.5) is 0 Å². The van der Waals surface area contributed by atoms with Crippen molar-refractivity contribution in [1.82, 2.24) is 5.32 Å². The van der Waals surface area contributed by atoms with Gasteiger partial charge in [0.1, 0.15) is 0 Å². The first-order valence-electron chi connectivity index (χ1n) is 6.72. The van der Waals surface area contributed by atoms with Gasteiger partial charge < -0.3 is 16.2 Å². The van der Waals surface area contributed by atoms with Crippen LogP contribution >= 0.6 is 0 Å². The fraction of sp³-hybridized carbons (Fsp3) is 0.923. The van der Waals surface area contributed by atoms with Gasteiger partial charge in [-0.2, -0.15) is 0 Å². The van der Waals surface area contributed by atoms with E-state index >= 15 is 0 Å². The van der Waals surface area contributed by atoms with Crippen LogP contribution < -0.4 is 11.1 Å². The van der Waals surface area contributed by atoms with Crippen LogP contribution in [0.15, 0.2) is 0 Å². The van der Waals surface area contributed by atoms with Crippen molar-refractivity contribution in [3.8, 4) is 0 Å². The highest BCUT2D eigenvalue weighted by Crippen LogP contribution is 2.23. The van der Waals surface area contributed by atoms with Crippen LogP contribution in [0.3, 0.4) is 0 Å². The Morgan fingerprint density at radius 3 is 2.59 bits per heavy atom. The Kier molecular flexibility index (Phi) is 5.92. The summed E-state index contributed by atoms with van der Waals surface area (Å²) in [6, 6.07) is 0. The standard InChI is InChI=1S/C13H26N2O2/c1-9(2)11(7-14)13(17)15-8-10-5-3-4-6-12(10)16/h9-12,16H,3-8,14H2,1-2H3,(H,15,17). The number of hydrogen-bond acceptors (Lipinski definition) is 3. The fourth-order valence-corrected chi connectivity index (χ4v) is 2.47. The number of carbonyl (C=O) groups excluding carboxylic acids is 1. The minimum atomic E-state index is -0.251. The van der Waals surface area contributed by atoms with Crippen molar-refractivity contribution >= 4 is 5.91 Å². The molecule has 4 heteroatoms. The summed E-state index contributed by atoms with van der Waals surface area (Å²) >= 11 is 0. The molecule has 1 fully saturated rings. The number of amides is 1. The zero-order valence-corrected chi connectivity index (χ0v) is 11.0. The van der Waals surface area contributed by atoms with Crippen molar-refractivity contribution in [1.29, 1.82) is 0 Å². The number of nitrogens with one attached hydrogen (secondary N) is 1. The second-order valence-electron chi connectivity index (χ2n) is 5.44. The summed E-state index contributed by atoms with van der Waals surface area (Å²) in [6.45, 7) is 4.99. The summed E-state index contributed by atoms with van der Waals surface area (Å²) < 4.78 is 0. The van der Waals surface area contributed by atoms with E-state index in [4.69, 9.17) is 5.73 Å². The van der Waals surface area contributed by atoms with Crippen LogP contribution in [-0.2, 0) is 4.79 Å². The molecular weight excluding hydrogens is 216 g/mol. The fourth-order valence-electron chi connectivity index (χ4n) is 2.47. The summed E-state index contributed by atoms with van der Waals surface area (Å²) in [5, 5.41) is 12.7. The average molecular weight is 242 g/mol. The molecule has 0 aromatic carbocycles. The predicted molar refractivity (Wildman–Crippen MR) is 68.4 cm³/mol. The van der Waals surface area contributed by atoms with E-state index in [1.807, 2.05) is 13.8 Å². The second-order valence-corrected chi connectivity index (χ2v) is 5.44. The van der Waals surface area contributed by atoms with Gasteiger partial charge in [-0.05, 0) is 18.8 Å². The summed E-state index contributed by atoms with van der Waals surface area (Å²) in [4.78, 5) is 11.9. The number of aliphatic hydroxyl groups is 1. The lowest BCUT2D eigenvalue weighted by Gasteiger charge is -2.28. The first-order valence-corrected chi connectivity index (χ1v) is 6.72. The molecule has 4 nitrogen and oxygen atoms in total. The van der Waals surface area contributed by atoms with Crippen LogP contribution in [0.5, 0.6) is 0 Å². The highest BCUT2D eigenvalue weighted by Gasteiger charge is 2.25. The Labute approximate surface area is 104 Å². The summed E-state index contributed by atoms with van der Waals surface area (Å²) in [7, 11) is 0. The van der Waals surface area contributed by atoms with Crippen molar-refractivity contribution in [2.45, 2.75) is 45.6 Å². The number of nitrogens with two attached hydrogens (primary N) is 1. The lowest BCUT2D eigenvalue weighted by molar-refractivity contribution is -0.126. The molecule has 0 aromatic rings. The van der Waals surface area contributed by atoms with Gasteiger partial charge in [0.2, 0.25) is 5.91 Å². The third kappa shape index (κ3) is 4.28. The Hall–Kier alpha value is -0.610. The van der Waals surface area contributed by atoms with Gasteiger partial charge in [0.25, 0.3) is 0 Å². The number of aliphatic hydroxyl groups excluding tert-OH is 1. The molecule has 4 N–H and O–H groups in total. The molecule has 3 atom stereocenters. The molecule has 3 unspecified atom stereocenters. The van der Waals surface area contributed by atoms with E-state index in [2.05, 4.69) is 5.32 Å². The van der Waals surface area contributed by atoms with E-state index in [0.29, 0.717) is 13.1 Å². The molecule has 0 heterocycles. The molecule has 1 aliphatic carbocycles. The number of rotatable bonds is 5. The Balaban J connectivity index is 2.36. The first-order chi connectivity index (χ1) is 8.06. The zero-order valence-electron chi connectivity index (χ0n) is 11.0. The highest BCUT2D eigenvalue weighted by molar-refractivity contribution is 5.79. The Morgan fingerprint density at radius 1 is 1.41 bits per heavy atom. The van der Waals surface area contributed by atoms with Gasteiger partial charge in [-0.25, -0.2) is 0 Å². The van der Waals surface area contributed by atoms with E-state index in [1.54, 1.807) is 0 Å². The molecule has 100 valence electrons. The molecular formula is C13H26N2O2. The zero-order chi connectivity index (χ0) is 12.8. The van der Waals surface area contributed by atoms with E-state index < -0.39 is 0 Å². The van der Waals surface area contributed by atoms with Crippen molar-refractivity contribution in [2.24, 2.45) is 23.5 Å². The molecule has 0 spiro atoms. The molecule has 1 aliphatic rings. The van der Waals surface area contributed by atoms with Crippen LogP contribution in [0, 0.1) is 17.8 Å². The third-order valence-corrected chi connectivity index (χ3v) is 3.80. The maximum absolute atomic E-state index is 11.9. The van der Waals surface area contributed by atoms with Crippen LogP contribution in [0.25, 0.3) is 0 Å². The van der Waals surface area contributed by atoms with Gasteiger partial charge in [0, 0.05) is 19.0 Å². The van der Waals surface area contributed by atoms with E-state index in [9.17, 15) is 9.90 Å². The summed E-state index contributed by atoms with van der Waals surface area (Å²) in [6.07, 6.45) is 3.88. The van der Waals surface area contributed by atoms with Crippen LogP contribution in [0.2, 0.25) is 0 Å². The number of hydrogen-bond donors (Lipinski definition) is 3. The molecule has 1 amide bonds. The largest absolute Gasteiger partial charge is 0.393 e. The quantitative estimate of drug-likeness (QED) is 0.670. The molecule has 17 heavy (non-hydrogen) atoms. The van der Waals surface area contributed by atoms with Gasteiger partial charge in [-0.1, -0.05) is 26.7 Å². The normalized spacial score (nSPS) is 26.9. The average Bonchev–Trinajstić information content (AvgIpc) is 2.28. The monoisotopic (exact) mass is 242 g/mol. The van der Waals surface area contributed by atoms with E-state index in [1.165, 1.54) is 0 Å². The molecule has 0 aliphatic heterocycles. The minimum Gasteiger partial charge on any atom is -0.393 e.